The lowest BCUT2D eigenvalue weighted by Gasteiger charge is -2.45. The summed E-state index contributed by atoms with van der Waals surface area (Å²) >= 11 is 0. The number of benzene rings is 4. The molecule has 5 rings (SSSR count). The van der Waals surface area contributed by atoms with Crippen LogP contribution in [0.3, 0.4) is 0 Å². The van der Waals surface area contributed by atoms with E-state index in [1.54, 1.807) is 0 Å². The van der Waals surface area contributed by atoms with Gasteiger partial charge in [0, 0.05) is 24.5 Å². The molecule has 0 fully saturated rings. The van der Waals surface area contributed by atoms with Crippen molar-refractivity contribution in [3.8, 4) is 11.5 Å². The van der Waals surface area contributed by atoms with Crippen LogP contribution >= 0.6 is 0 Å². The molecule has 3 nitrogen and oxygen atoms in total. The van der Waals surface area contributed by atoms with E-state index in [1.807, 2.05) is 30.3 Å². The van der Waals surface area contributed by atoms with Crippen molar-refractivity contribution in [1.29, 1.82) is 0 Å². The lowest BCUT2D eigenvalue weighted by atomic mass is 9.70. The molecule has 4 aromatic carbocycles. The zero-order valence-corrected chi connectivity index (χ0v) is 18.4. The maximum atomic E-state index is 11.9. The predicted octanol–water partition coefficient (Wildman–Crippen LogP) is 6.89. The maximum Gasteiger partial charge on any atom is 0.308 e. The lowest BCUT2D eigenvalue weighted by molar-refractivity contribution is -0.132. The van der Waals surface area contributed by atoms with Gasteiger partial charge in [0.15, 0.2) is 0 Å². The van der Waals surface area contributed by atoms with Crippen LogP contribution in [0.25, 0.3) is 21.5 Å². The van der Waals surface area contributed by atoms with Crippen molar-refractivity contribution in [3.63, 3.8) is 0 Å². The van der Waals surface area contributed by atoms with Crippen molar-refractivity contribution in [2.75, 3.05) is 0 Å². The van der Waals surface area contributed by atoms with Crippen LogP contribution in [0.2, 0.25) is 0 Å². The van der Waals surface area contributed by atoms with E-state index in [1.165, 1.54) is 17.9 Å². The smallest absolute Gasteiger partial charge is 0.308 e. The van der Waals surface area contributed by atoms with Crippen LogP contribution in [-0.4, -0.2) is 5.97 Å². The van der Waals surface area contributed by atoms with Gasteiger partial charge in [-0.05, 0) is 58.1 Å². The minimum Gasteiger partial charge on any atom is -0.482 e. The summed E-state index contributed by atoms with van der Waals surface area (Å²) in [5.41, 5.74) is 1.34. The molecule has 0 amide bonds. The average Bonchev–Trinajstić information content (AvgIpc) is 2.71. The highest BCUT2D eigenvalue weighted by atomic mass is 16.5. The molecule has 0 aliphatic carbocycles. The molecule has 1 aliphatic heterocycles. The van der Waals surface area contributed by atoms with Gasteiger partial charge in [0.2, 0.25) is 0 Å². The molecule has 1 aliphatic rings. The third-order valence-electron chi connectivity index (χ3n) is 6.36. The van der Waals surface area contributed by atoms with Crippen molar-refractivity contribution < 1.29 is 14.3 Å². The van der Waals surface area contributed by atoms with Gasteiger partial charge in [-0.25, -0.2) is 0 Å². The number of carbonyl (C=O) groups excluding carboxylic acids is 1. The molecule has 0 saturated heterocycles. The van der Waals surface area contributed by atoms with Crippen LogP contribution in [0.5, 0.6) is 11.5 Å². The summed E-state index contributed by atoms with van der Waals surface area (Å²) in [5.74, 6) is 1.12. The van der Waals surface area contributed by atoms with Gasteiger partial charge in [-0.1, -0.05) is 62.4 Å². The molecule has 0 bridgehead atoms. The number of fused-ring (bicyclic) bond motifs is 3. The van der Waals surface area contributed by atoms with Crippen LogP contribution in [0, 0.1) is 0 Å². The topological polar surface area (TPSA) is 35.5 Å². The standard InChI is InChI=1S/C28H26O3/c1-18(29)30-25-15-21-11-7-6-10-20(21)14-24(25)28(4)17-27(2,3)23-13-19-9-5-8-12-22(19)16-26(23)31-28/h5-16H,17H2,1-4H3. The quantitative estimate of drug-likeness (QED) is 0.266. The second kappa shape index (κ2) is 6.84. The number of hydrogen-bond acceptors (Lipinski definition) is 3. The van der Waals surface area contributed by atoms with E-state index < -0.39 is 5.60 Å². The van der Waals surface area contributed by atoms with Gasteiger partial charge in [-0.15, -0.1) is 0 Å². The summed E-state index contributed by atoms with van der Waals surface area (Å²) in [6, 6.07) is 24.9. The van der Waals surface area contributed by atoms with Crippen LogP contribution in [0.15, 0.2) is 72.8 Å². The number of hydrogen-bond donors (Lipinski definition) is 0. The molecule has 1 heterocycles. The molecule has 0 spiro atoms. The minimum atomic E-state index is -0.645. The van der Waals surface area contributed by atoms with Gasteiger partial charge >= 0.3 is 5.97 Å². The Kier molecular flexibility index (Phi) is 4.33. The van der Waals surface area contributed by atoms with E-state index in [4.69, 9.17) is 9.47 Å². The van der Waals surface area contributed by atoms with Crippen LogP contribution < -0.4 is 9.47 Å². The summed E-state index contributed by atoms with van der Waals surface area (Å²) in [6.07, 6.45) is 0.762. The summed E-state index contributed by atoms with van der Waals surface area (Å²) in [7, 11) is 0. The Balaban J connectivity index is 1.71. The summed E-state index contributed by atoms with van der Waals surface area (Å²) < 4.78 is 12.4. The van der Waals surface area contributed by atoms with Gasteiger partial charge in [0.05, 0.1) is 0 Å². The predicted molar refractivity (Wildman–Crippen MR) is 125 cm³/mol. The summed E-state index contributed by atoms with van der Waals surface area (Å²) in [5, 5.41) is 4.50. The Bertz CT molecular complexity index is 1330. The van der Waals surface area contributed by atoms with Crippen molar-refractivity contribution >= 4 is 27.5 Å². The molecule has 0 radical (unpaired) electrons. The highest BCUT2D eigenvalue weighted by molar-refractivity contribution is 5.87. The zero-order chi connectivity index (χ0) is 21.8. The molecule has 3 heteroatoms. The van der Waals surface area contributed by atoms with Crippen molar-refractivity contribution in [2.24, 2.45) is 0 Å². The molecule has 1 atom stereocenters. The highest BCUT2D eigenvalue weighted by Crippen LogP contribution is 2.51. The van der Waals surface area contributed by atoms with E-state index in [-0.39, 0.29) is 11.4 Å². The Hall–Kier alpha value is -3.33. The van der Waals surface area contributed by atoms with Gasteiger partial charge in [-0.2, -0.15) is 0 Å². The average molecular weight is 411 g/mol. The molecule has 4 aromatic rings. The second-order valence-electron chi connectivity index (χ2n) is 9.38. The Morgan fingerprint density at radius 3 is 1.90 bits per heavy atom. The largest absolute Gasteiger partial charge is 0.482 e. The fourth-order valence-electron chi connectivity index (χ4n) is 5.07. The van der Waals surface area contributed by atoms with Crippen LogP contribution in [-0.2, 0) is 15.8 Å². The molecule has 0 N–H and O–H groups in total. The third kappa shape index (κ3) is 3.34. The maximum absolute atomic E-state index is 11.9. The van der Waals surface area contributed by atoms with Gasteiger partial charge in [-0.3, -0.25) is 4.79 Å². The Morgan fingerprint density at radius 2 is 1.32 bits per heavy atom. The van der Waals surface area contributed by atoms with Gasteiger partial charge in [0.1, 0.15) is 17.1 Å². The van der Waals surface area contributed by atoms with Gasteiger partial charge in [0.25, 0.3) is 0 Å². The monoisotopic (exact) mass is 410 g/mol. The third-order valence-corrected chi connectivity index (χ3v) is 6.36. The first-order valence-electron chi connectivity index (χ1n) is 10.7. The molecule has 156 valence electrons. The first-order chi connectivity index (χ1) is 14.7. The first kappa shape index (κ1) is 19.6. The van der Waals surface area contributed by atoms with E-state index >= 15 is 0 Å². The lowest BCUT2D eigenvalue weighted by Crippen LogP contribution is -2.42. The van der Waals surface area contributed by atoms with Gasteiger partial charge < -0.3 is 9.47 Å². The molecule has 0 saturated carbocycles. The molecule has 1 unspecified atom stereocenters. The molecule has 31 heavy (non-hydrogen) atoms. The first-order valence-corrected chi connectivity index (χ1v) is 10.7. The zero-order valence-electron chi connectivity index (χ0n) is 18.4. The van der Waals surface area contributed by atoms with Crippen molar-refractivity contribution in [1.82, 2.24) is 0 Å². The van der Waals surface area contributed by atoms with E-state index in [9.17, 15) is 4.79 Å². The Morgan fingerprint density at radius 1 is 0.806 bits per heavy atom. The van der Waals surface area contributed by atoms with E-state index in [0.29, 0.717) is 5.75 Å². The Labute approximate surface area is 182 Å². The number of esters is 1. The minimum absolute atomic E-state index is 0.120. The molecular formula is C28H26O3. The van der Waals surface area contributed by atoms with E-state index in [2.05, 4.69) is 63.2 Å². The van der Waals surface area contributed by atoms with Crippen molar-refractivity contribution in [3.05, 3.63) is 83.9 Å². The molecule has 0 aromatic heterocycles. The fourth-order valence-corrected chi connectivity index (χ4v) is 5.07. The SMILES string of the molecule is CC(=O)Oc1cc2ccccc2cc1C1(C)CC(C)(C)c2cc3ccccc3cc2O1. The summed E-state index contributed by atoms with van der Waals surface area (Å²) in [4.78, 5) is 11.9. The second-order valence-corrected chi connectivity index (χ2v) is 9.38. The van der Waals surface area contributed by atoms with E-state index in [0.717, 1.165) is 33.9 Å². The normalized spacial score (nSPS) is 19.6. The number of carbonyl (C=O) groups is 1. The number of rotatable bonds is 2. The number of ether oxygens (including phenoxy) is 2. The van der Waals surface area contributed by atoms with Crippen LogP contribution in [0.1, 0.15) is 45.2 Å². The molecular weight excluding hydrogens is 384 g/mol. The fraction of sp³-hybridized carbons (Fsp3) is 0.250. The summed E-state index contributed by atoms with van der Waals surface area (Å²) in [6.45, 7) is 8.06. The highest BCUT2D eigenvalue weighted by Gasteiger charge is 2.44. The van der Waals surface area contributed by atoms with Crippen LogP contribution in [0.4, 0.5) is 0 Å². The van der Waals surface area contributed by atoms with Crippen molar-refractivity contribution in [2.45, 2.75) is 45.1 Å².